The Balaban J connectivity index is 1.59. The van der Waals surface area contributed by atoms with Gasteiger partial charge in [0.15, 0.2) is 0 Å². The number of hydrogen-bond donors (Lipinski definition) is 4. The molecule has 0 radical (unpaired) electrons. The van der Waals surface area contributed by atoms with Crippen LogP contribution in [0.2, 0.25) is 5.02 Å². The lowest BCUT2D eigenvalue weighted by atomic mass is 10.1. The van der Waals surface area contributed by atoms with E-state index in [1.54, 1.807) is 18.2 Å². The summed E-state index contributed by atoms with van der Waals surface area (Å²) in [5.41, 5.74) is 1.86. The predicted molar refractivity (Wildman–Crippen MR) is 113 cm³/mol. The summed E-state index contributed by atoms with van der Waals surface area (Å²) in [6, 6.07) is 14.4. The number of carbonyl (C=O) groups is 2. The first kappa shape index (κ1) is 19.4. The first-order valence-electron chi connectivity index (χ1n) is 8.79. The number of amides is 2. The molecule has 1 aromatic heterocycles. The highest BCUT2D eigenvalue weighted by Crippen LogP contribution is 2.24. The molecule has 4 rings (SSSR count). The third-order valence-electron chi connectivity index (χ3n) is 4.35. The zero-order chi connectivity index (χ0) is 21.3. The van der Waals surface area contributed by atoms with Crippen LogP contribution in [0.5, 0.6) is 0 Å². The molecule has 0 unspecified atom stereocenters. The molecule has 3 aromatic carbocycles. The third kappa shape index (κ3) is 4.08. The summed E-state index contributed by atoms with van der Waals surface area (Å²) < 4.78 is 13.1. The van der Waals surface area contributed by atoms with Gasteiger partial charge in [-0.3, -0.25) is 9.59 Å². The van der Waals surface area contributed by atoms with E-state index in [1.807, 2.05) is 0 Å². The Morgan fingerprint density at radius 2 is 1.57 bits per heavy atom. The van der Waals surface area contributed by atoms with Crippen molar-refractivity contribution in [3.63, 3.8) is 0 Å². The number of rotatable bonds is 4. The van der Waals surface area contributed by atoms with E-state index >= 15 is 0 Å². The Kier molecular flexibility index (Phi) is 5.07. The van der Waals surface area contributed by atoms with Gasteiger partial charge in [0.05, 0.1) is 22.3 Å². The lowest BCUT2D eigenvalue weighted by Crippen LogP contribution is -2.18. The van der Waals surface area contributed by atoms with Crippen molar-refractivity contribution < 1.29 is 14.0 Å². The number of halogens is 2. The van der Waals surface area contributed by atoms with E-state index in [1.165, 1.54) is 42.5 Å². The number of H-pyrrole nitrogens is 2. The van der Waals surface area contributed by atoms with Crippen LogP contribution in [0.15, 0.2) is 65.5 Å². The lowest BCUT2D eigenvalue weighted by Gasteiger charge is -2.12. The first-order chi connectivity index (χ1) is 14.4. The molecular formula is C21H14ClFN4O3. The van der Waals surface area contributed by atoms with Gasteiger partial charge in [-0.05, 0) is 60.7 Å². The topological polar surface area (TPSA) is 107 Å². The van der Waals surface area contributed by atoms with Crippen LogP contribution in [-0.2, 0) is 0 Å². The van der Waals surface area contributed by atoms with Crippen molar-refractivity contribution in [2.24, 2.45) is 0 Å². The van der Waals surface area contributed by atoms with E-state index in [-0.39, 0.29) is 22.5 Å². The van der Waals surface area contributed by atoms with Gasteiger partial charge in [0.25, 0.3) is 11.8 Å². The number of carbonyl (C=O) groups excluding carboxylic acids is 2. The molecule has 4 aromatic rings. The molecule has 2 amide bonds. The highest BCUT2D eigenvalue weighted by molar-refractivity contribution is 6.31. The van der Waals surface area contributed by atoms with E-state index < -0.39 is 17.6 Å². The Bertz CT molecular complexity index is 1330. The van der Waals surface area contributed by atoms with Gasteiger partial charge in [-0.2, -0.15) is 0 Å². The fourth-order valence-corrected chi connectivity index (χ4v) is 3.09. The Labute approximate surface area is 173 Å². The van der Waals surface area contributed by atoms with Gasteiger partial charge in [0.2, 0.25) is 0 Å². The molecule has 30 heavy (non-hydrogen) atoms. The number of benzene rings is 3. The third-order valence-corrected chi connectivity index (χ3v) is 4.59. The first-order valence-corrected chi connectivity index (χ1v) is 9.17. The molecule has 0 aliphatic carbocycles. The van der Waals surface area contributed by atoms with Gasteiger partial charge >= 0.3 is 5.69 Å². The quantitative estimate of drug-likeness (QED) is 0.395. The van der Waals surface area contributed by atoms with Crippen molar-refractivity contribution >= 4 is 45.8 Å². The highest BCUT2D eigenvalue weighted by atomic mass is 35.5. The number of aromatic nitrogens is 2. The maximum atomic E-state index is 13.1. The molecule has 0 bridgehead atoms. The number of hydrogen-bond acceptors (Lipinski definition) is 3. The van der Waals surface area contributed by atoms with Gasteiger partial charge in [0, 0.05) is 16.3 Å². The van der Waals surface area contributed by atoms with Crippen LogP contribution in [0.4, 0.5) is 15.8 Å². The minimum Gasteiger partial charge on any atom is -0.322 e. The molecule has 0 atom stereocenters. The second-order valence-electron chi connectivity index (χ2n) is 6.44. The summed E-state index contributed by atoms with van der Waals surface area (Å²) in [6.45, 7) is 0. The molecule has 0 spiro atoms. The molecule has 0 saturated heterocycles. The van der Waals surface area contributed by atoms with Crippen LogP contribution in [0.3, 0.4) is 0 Å². The van der Waals surface area contributed by atoms with Crippen LogP contribution < -0.4 is 16.3 Å². The molecule has 0 saturated carbocycles. The molecule has 7 nitrogen and oxygen atoms in total. The molecule has 1 heterocycles. The van der Waals surface area contributed by atoms with Gasteiger partial charge in [-0.15, -0.1) is 0 Å². The van der Waals surface area contributed by atoms with Gasteiger partial charge in [0.1, 0.15) is 5.82 Å². The second-order valence-corrected chi connectivity index (χ2v) is 6.88. The van der Waals surface area contributed by atoms with Gasteiger partial charge < -0.3 is 20.6 Å². The number of nitrogens with one attached hydrogen (secondary N) is 4. The van der Waals surface area contributed by atoms with Crippen molar-refractivity contribution in [3.8, 4) is 0 Å². The number of aromatic amines is 2. The summed E-state index contributed by atoms with van der Waals surface area (Å²) in [5, 5.41) is 5.67. The molecule has 4 N–H and O–H groups in total. The van der Waals surface area contributed by atoms with Crippen LogP contribution in [-0.4, -0.2) is 21.8 Å². The highest BCUT2D eigenvalue weighted by Gasteiger charge is 2.16. The monoisotopic (exact) mass is 424 g/mol. The predicted octanol–water partition coefficient (Wildman–Crippen LogP) is 4.15. The zero-order valence-electron chi connectivity index (χ0n) is 15.3. The fraction of sp³-hybridized carbons (Fsp3) is 0. The normalized spacial score (nSPS) is 10.7. The van der Waals surface area contributed by atoms with Gasteiger partial charge in [-0.25, -0.2) is 9.18 Å². The zero-order valence-corrected chi connectivity index (χ0v) is 16.0. The minimum absolute atomic E-state index is 0.178. The van der Waals surface area contributed by atoms with Crippen LogP contribution >= 0.6 is 11.6 Å². The Morgan fingerprint density at radius 3 is 2.33 bits per heavy atom. The second kappa shape index (κ2) is 7.84. The lowest BCUT2D eigenvalue weighted by molar-refractivity contribution is 0.102. The Hall–Kier alpha value is -3.91. The van der Waals surface area contributed by atoms with E-state index in [4.69, 9.17) is 11.6 Å². The Morgan fingerprint density at radius 1 is 0.833 bits per heavy atom. The molecule has 0 aliphatic heterocycles. The van der Waals surface area contributed by atoms with Crippen molar-refractivity contribution in [3.05, 3.63) is 93.1 Å². The largest absolute Gasteiger partial charge is 0.323 e. The number of fused-ring (bicyclic) bond motifs is 1. The summed E-state index contributed by atoms with van der Waals surface area (Å²) in [4.78, 5) is 41.9. The maximum absolute atomic E-state index is 13.1. The maximum Gasteiger partial charge on any atom is 0.323 e. The average Bonchev–Trinajstić information content (AvgIpc) is 3.07. The van der Waals surface area contributed by atoms with Gasteiger partial charge in [-0.1, -0.05) is 11.6 Å². The summed E-state index contributed by atoms with van der Waals surface area (Å²) >= 11 is 6.03. The minimum atomic E-state index is -0.516. The van der Waals surface area contributed by atoms with Crippen molar-refractivity contribution in [1.82, 2.24) is 9.97 Å². The van der Waals surface area contributed by atoms with E-state index in [2.05, 4.69) is 20.6 Å². The molecule has 0 fully saturated rings. The standard InChI is InChI=1S/C21H14ClFN4O3/c22-12-3-7-15(17(9-12)25-19(28)11-1-4-13(23)5-2-11)20(29)24-14-6-8-16-18(10-14)27-21(30)26-16/h1-10H,(H,24,29)(H,25,28)(H2,26,27,30). The number of imidazole rings is 1. The SMILES string of the molecule is O=C(Nc1cc(Cl)ccc1C(=O)Nc1ccc2[nH]c(=O)[nH]c2c1)c1ccc(F)cc1. The van der Waals surface area contributed by atoms with E-state index in [9.17, 15) is 18.8 Å². The van der Waals surface area contributed by atoms with E-state index in [0.717, 1.165) is 0 Å². The van der Waals surface area contributed by atoms with Crippen LogP contribution in [0, 0.1) is 5.82 Å². The summed E-state index contributed by atoms with van der Waals surface area (Å²) in [6.07, 6.45) is 0. The van der Waals surface area contributed by atoms with Crippen LogP contribution in [0.1, 0.15) is 20.7 Å². The summed E-state index contributed by atoms with van der Waals surface area (Å²) in [7, 11) is 0. The average molecular weight is 425 g/mol. The van der Waals surface area contributed by atoms with Crippen molar-refractivity contribution in [2.75, 3.05) is 10.6 Å². The molecule has 150 valence electrons. The molecular weight excluding hydrogens is 411 g/mol. The van der Waals surface area contributed by atoms with E-state index in [0.29, 0.717) is 21.7 Å². The molecule has 9 heteroatoms. The molecule has 0 aliphatic rings. The smallest absolute Gasteiger partial charge is 0.322 e. The summed E-state index contributed by atoms with van der Waals surface area (Å²) in [5.74, 6) is -1.47. The van der Waals surface area contributed by atoms with Crippen molar-refractivity contribution in [2.45, 2.75) is 0 Å². The number of anilines is 2. The van der Waals surface area contributed by atoms with Crippen molar-refractivity contribution in [1.29, 1.82) is 0 Å². The van der Waals surface area contributed by atoms with Crippen LogP contribution in [0.25, 0.3) is 11.0 Å². The fourth-order valence-electron chi connectivity index (χ4n) is 2.92.